The van der Waals surface area contributed by atoms with Gasteiger partial charge in [0.2, 0.25) is 0 Å². The lowest BCUT2D eigenvalue weighted by atomic mass is 9.86. The molecule has 2 heterocycles. The third-order valence-electron chi connectivity index (χ3n) is 4.37. The van der Waals surface area contributed by atoms with Crippen LogP contribution in [-0.4, -0.2) is 50.0 Å². The number of carbonyl (C=O) groups is 1. The highest BCUT2D eigenvalue weighted by Crippen LogP contribution is 2.29. The topological polar surface area (TPSA) is 51.7 Å². The van der Waals surface area contributed by atoms with Crippen LogP contribution in [-0.2, 0) is 4.79 Å². The largest absolute Gasteiger partial charge is 0.497 e. The monoisotopic (exact) mass is 338 g/mol. The summed E-state index contributed by atoms with van der Waals surface area (Å²) in [4.78, 5) is 19.3. The van der Waals surface area contributed by atoms with Gasteiger partial charge < -0.3 is 14.4 Å². The summed E-state index contributed by atoms with van der Waals surface area (Å²) in [6.45, 7) is 1.32. The first kappa shape index (κ1) is 17.2. The van der Waals surface area contributed by atoms with Gasteiger partial charge in [0.25, 0.3) is 0 Å². The highest BCUT2D eigenvalue weighted by atomic mass is 16.5. The smallest absolute Gasteiger partial charge is 0.168 e. The lowest BCUT2D eigenvalue weighted by Crippen LogP contribution is -2.38. The molecular formula is C20H22N2O3. The van der Waals surface area contributed by atoms with Crippen LogP contribution >= 0.6 is 0 Å². The second kappa shape index (κ2) is 7.49. The van der Waals surface area contributed by atoms with Crippen molar-refractivity contribution in [1.29, 1.82) is 0 Å². The summed E-state index contributed by atoms with van der Waals surface area (Å²) in [7, 11) is 5.25. The number of Topliss-reactive ketones (excluding diaryl/α,β-unsaturated/α-hetero) is 1. The number of likely N-dealkylation sites (tertiary alicyclic amines) is 1. The molecule has 0 spiro atoms. The normalized spacial score (nSPS) is 19.9. The number of likely N-dealkylation sites (N-methyl/N-ethyl adjacent to an activating group) is 1. The molecule has 0 bridgehead atoms. The molecule has 1 atom stereocenters. The van der Waals surface area contributed by atoms with E-state index in [9.17, 15) is 4.79 Å². The van der Waals surface area contributed by atoms with Gasteiger partial charge in [-0.3, -0.25) is 9.78 Å². The number of hydrogen-bond donors (Lipinski definition) is 0. The summed E-state index contributed by atoms with van der Waals surface area (Å²) < 4.78 is 10.6. The zero-order chi connectivity index (χ0) is 17.8. The highest BCUT2D eigenvalue weighted by Gasteiger charge is 2.30. The molecule has 0 N–H and O–H groups in total. The SMILES string of the molecule is COc1cc(C=C2CN(C)CC(c3cccnc3)C2=O)cc(OC)c1. The van der Waals surface area contributed by atoms with E-state index in [0.717, 1.165) is 16.7 Å². The predicted octanol–water partition coefficient (Wildman–Crippen LogP) is 2.78. The summed E-state index contributed by atoms with van der Waals surface area (Å²) in [5, 5.41) is 0. The fraction of sp³-hybridized carbons (Fsp3) is 0.300. The van der Waals surface area contributed by atoms with Crippen molar-refractivity contribution in [1.82, 2.24) is 9.88 Å². The van der Waals surface area contributed by atoms with Crippen molar-refractivity contribution in [2.75, 3.05) is 34.4 Å². The Morgan fingerprint density at radius 1 is 1.20 bits per heavy atom. The Morgan fingerprint density at radius 3 is 2.52 bits per heavy atom. The molecule has 1 aromatic carbocycles. The van der Waals surface area contributed by atoms with E-state index < -0.39 is 0 Å². The lowest BCUT2D eigenvalue weighted by Gasteiger charge is -2.30. The van der Waals surface area contributed by atoms with Crippen molar-refractivity contribution in [3.8, 4) is 11.5 Å². The van der Waals surface area contributed by atoms with Crippen molar-refractivity contribution in [3.05, 3.63) is 59.4 Å². The van der Waals surface area contributed by atoms with Gasteiger partial charge in [0.1, 0.15) is 11.5 Å². The zero-order valence-corrected chi connectivity index (χ0v) is 14.7. The number of ether oxygens (including phenoxy) is 2. The van der Waals surface area contributed by atoms with Gasteiger partial charge in [-0.15, -0.1) is 0 Å². The number of pyridine rings is 1. The number of piperidine rings is 1. The quantitative estimate of drug-likeness (QED) is 0.803. The summed E-state index contributed by atoms with van der Waals surface area (Å²) in [5.41, 5.74) is 2.62. The van der Waals surface area contributed by atoms with E-state index in [1.54, 1.807) is 26.6 Å². The first-order chi connectivity index (χ1) is 12.1. The molecule has 0 amide bonds. The Balaban J connectivity index is 1.95. The maximum atomic E-state index is 13.0. The van der Waals surface area contributed by atoms with Gasteiger partial charge in [0.15, 0.2) is 5.78 Å². The van der Waals surface area contributed by atoms with Crippen LogP contribution in [0, 0.1) is 0 Å². The van der Waals surface area contributed by atoms with Gasteiger partial charge in [0.05, 0.1) is 20.1 Å². The maximum Gasteiger partial charge on any atom is 0.168 e. The van der Waals surface area contributed by atoms with Crippen molar-refractivity contribution in [3.63, 3.8) is 0 Å². The molecule has 1 aromatic heterocycles. The van der Waals surface area contributed by atoms with E-state index in [-0.39, 0.29) is 11.7 Å². The van der Waals surface area contributed by atoms with Crippen LogP contribution in [0.2, 0.25) is 0 Å². The third kappa shape index (κ3) is 3.88. The Kier molecular flexibility index (Phi) is 5.14. The standard InChI is InChI=1S/C20H22N2O3/c1-22-12-16(7-14-8-17(24-2)10-18(9-14)25-3)20(23)19(13-22)15-5-4-6-21-11-15/h4-11,19H,12-13H2,1-3H3. The number of nitrogens with zero attached hydrogens (tertiary/aromatic N) is 2. The van der Waals surface area contributed by atoms with Crippen molar-refractivity contribution in [2.45, 2.75) is 5.92 Å². The molecule has 2 aromatic rings. The second-order valence-electron chi connectivity index (χ2n) is 6.22. The predicted molar refractivity (Wildman–Crippen MR) is 97.0 cm³/mol. The van der Waals surface area contributed by atoms with Gasteiger partial charge >= 0.3 is 0 Å². The third-order valence-corrected chi connectivity index (χ3v) is 4.37. The molecule has 5 nitrogen and oxygen atoms in total. The summed E-state index contributed by atoms with van der Waals surface area (Å²) >= 11 is 0. The van der Waals surface area contributed by atoms with Crippen LogP contribution in [0.25, 0.3) is 6.08 Å². The van der Waals surface area contributed by atoms with Crippen LogP contribution in [0.1, 0.15) is 17.0 Å². The minimum Gasteiger partial charge on any atom is -0.497 e. The van der Waals surface area contributed by atoms with Gasteiger partial charge in [0, 0.05) is 37.1 Å². The highest BCUT2D eigenvalue weighted by molar-refractivity contribution is 6.05. The summed E-state index contributed by atoms with van der Waals surface area (Å²) in [6, 6.07) is 9.44. The fourth-order valence-corrected chi connectivity index (χ4v) is 3.12. The summed E-state index contributed by atoms with van der Waals surface area (Å²) in [6.07, 6.45) is 5.42. The molecule has 130 valence electrons. The molecule has 1 unspecified atom stereocenters. The van der Waals surface area contributed by atoms with Crippen molar-refractivity contribution >= 4 is 11.9 Å². The van der Waals surface area contributed by atoms with Gasteiger partial charge in [-0.05, 0) is 42.4 Å². The van der Waals surface area contributed by atoms with E-state index in [2.05, 4.69) is 9.88 Å². The maximum absolute atomic E-state index is 13.0. The Bertz CT molecular complexity index is 765. The molecule has 0 radical (unpaired) electrons. The molecule has 3 rings (SSSR count). The first-order valence-electron chi connectivity index (χ1n) is 8.17. The van der Waals surface area contributed by atoms with Crippen LogP contribution in [0.5, 0.6) is 11.5 Å². The minimum absolute atomic E-state index is 0.146. The molecule has 0 aliphatic carbocycles. The number of ketones is 1. The van der Waals surface area contributed by atoms with Crippen molar-refractivity contribution < 1.29 is 14.3 Å². The Morgan fingerprint density at radius 2 is 1.92 bits per heavy atom. The van der Waals surface area contributed by atoms with E-state index >= 15 is 0 Å². The molecule has 1 fully saturated rings. The number of aromatic nitrogens is 1. The zero-order valence-electron chi connectivity index (χ0n) is 14.7. The Hall–Kier alpha value is -2.66. The van der Waals surface area contributed by atoms with Gasteiger partial charge in [-0.1, -0.05) is 6.07 Å². The van der Waals surface area contributed by atoms with Gasteiger partial charge in [-0.25, -0.2) is 0 Å². The first-order valence-corrected chi connectivity index (χ1v) is 8.17. The van der Waals surface area contributed by atoms with Crippen LogP contribution in [0.3, 0.4) is 0 Å². The molecule has 1 aliphatic heterocycles. The van der Waals surface area contributed by atoms with Crippen molar-refractivity contribution in [2.24, 2.45) is 0 Å². The Labute approximate surface area is 147 Å². The molecule has 1 aliphatic rings. The number of benzene rings is 1. The number of hydrogen-bond acceptors (Lipinski definition) is 5. The number of rotatable bonds is 4. The molecule has 5 heteroatoms. The van der Waals surface area contributed by atoms with E-state index in [1.807, 2.05) is 43.5 Å². The molecule has 1 saturated heterocycles. The average molecular weight is 338 g/mol. The van der Waals surface area contributed by atoms with Crippen LogP contribution in [0.4, 0.5) is 0 Å². The number of carbonyl (C=O) groups excluding carboxylic acids is 1. The van der Waals surface area contributed by atoms with E-state index in [0.29, 0.717) is 24.6 Å². The van der Waals surface area contributed by atoms with Gasteiger partial charge in [-0.2, -0.15) is 0 Å². The van der Waals surface area contributed by atoms with E-state index in [4.69, 9.17) is 9.47 Å². The average Bonchev–Trinajstić information content (AvgIpc) is 2.64. The number of methoxy groups -OCH3 is 2. The minimum atomic E-state index is -0.189. The second-order valence-corrected chi connectivity index (χ2v) is 6.22. The fourth-order valence-electron chi connectivity index (χ4n) is 3.12. The van der Waals surface area contributed by atoms with Crippen LogP contribution < -0.4 is 9.47 Å². The molecule has 25 heavy (non-hydrogen) atoms. The van der Waals surface area contributed by atoms with Crippen LogP contribution in [0.15, 0.2) is 48.3 Å². The van der Waals surface area contributed by atoms with E-state index in [1.165, 1.54) is 0 Å². The lowest BCUT2D eigenvalue weighted by molar-refractivity contribution is -0.118. The molecular weight excluding hydrogens is 316 g/mol. The summed E-state index contributed by atoms with van der Waals surface area (Å²) in [5.74, 6) is 1.36. The molecule has 0 saturated carbocycles.